The maximum atomic E-state index is 13.7. The van der Waals surface area contributed by atoms with E-state index in [4.69, 9.17) is 0 Å². The zero-order chi connectivity index (χ0) is 14.4. The van der Waals surface area contributed by atoms with Crippen molar-refractivity contribution in [2.45, 2.75) is 40.2 Å². The van der Waals surface area contributed by atoms with E-state index in [-0.39, 0.29) is 17.6 Å². The summed E-state index contributed by atoms with van der Waals surface area (Å²) in [6.07, 6.45) is 0.900. The van der Waals surface area contributed by atoms with Crippen molar-refractivity contribution < 1.29 is 9.18 Å². The summed E-state index contributed by atoms with van der Waals surface area (Å²) in [6, 6.07) is 4.62. The largest absolute Gasteiger partial charge is 0.382 e. The number of amides is 1. The van der Waals surface area contributed by atoms with Gasteiger partial charge in [0, 0.05) is 12.6 Å². The third kappa shape index (κ3) is 4.54. The Morgan fingerprint density at radius 2 is 2.00 bits per heavy atom. The van der Waals surface area contributed by atoms with Gasteiger partial charge in [0.15, 0.2) is 0 Å². The first-order valence-electron chi connectivity index (χ1n) is 6.79. The fourth-order valence-corrected chi connectivity index (χ4v) is 2.14. The average Bonchev–Trinajstić information content (AvgIpc) is 2.30. The molecule has 1 aromatic carbocycles. The van der Waals surface area contributed by atoms with Crippen LogP contribution in [0.15, 0.2) is 18.2 Å². The molecule has 0 spiro atoms. The molecule has 0 saturated heterocycles. The summed E-state index contributed by atoms with van der Waals surface area (Å²) in [6.45, 7) is 8.62. The minimum Gasteiger partial charge on any atom is -0.382 e. The van der Waals surface area contributed by atoms with Gasteiger partial charge in [0.25, 0.3) is 5.91 Å². The number of benzene rings is 1. The van der Waals surface area contributed by atoms with Crippen LogP contribution in [-0.2, 0) is 0 Å². The van der Waals surface area contributed by atoms with Gasteiger partial charge in [-0.1, -0.05) is 19.9 Å². The van der Waals surface area contributed by atoms with Gasteiger partial charge in [-0.05, 0) is 38.3 Å². The van der Waals surface area contributed by atoms with E-state index in [1.165, 1.54) is 6.07 Å². The molecule has 0 heterocycles. The van der Waals surface area contributed by atoms with Gasteiger partial charge in [0.1, 0.15) is 5.82 Å². The molecule has 3 nitrogen and oxygen atoms in total. The van der Waals surface area contributed by atoms with Crippen molar-refractivity contribution in [1.29, 1.82) is 0 Å². The smallest absolute Gasteiger partial charge is 0.253 e. The summed E-state index contributed by atoms with van der Waals surface area (Å²) in [5.74, 6) is -0.120. The Bertz CT molecular complexity index is 432. The number of anilines is 1. The minimum absolute atomic E-state index is 0.0743. The van der Waals surface area contributed by atoms with Crippen LogP contribution in [0.25, 0.3) is 0 Å². The van der Waals surface area contributed by atoms with Crippen LogP contribution in [0.3, 0.4) is 0 Å². The highest BCUT2D eigenvalue weighted by Gasteiger charge is 2.16. The van der Waals surface area contributed by atoms with Crippen LogP contribution in [0.1, 0.15) is 44.5 Å². The van der Waals surface area contributed by atoms with E-state index in [1.54, 1.807) is 12.1 Å². The molecule has 0 saturated carbocycles. The number of nitrogens with one attached hydrogen (secondary N) is 2. The average molecular weight is 266 g/mol. The lowest BCUT2D eigenvalue weighted by Crippen LogP contribution is -2.34. The first kappa shape index (κ1) is 15.5. The molecular weight excluding hydrogens is 243 g/mol. The summed E-state index contributed by atoms with van der Waals surface area (Å²) in [7, 11) is 0. The highest BCUT2D eigenvalue weighted by Crippen LogP contribution is 2.20. The molecule has 0 aliphatic carbocycles. The van der Waals surface area contributed by atoms with Gasteiger partial charge < -0.3 is 10.6 Å². The molecule has 0 fully saturated rings. The molecule has 1 amide bonds. The highest BCUT2D eigenvalue weighted by atomic mass is 19.1. The Morgan fingerprint density at radius 1 is 1.32 bits per heavy atom. The fourth-order valence-electron chi connectivity index (χ4n) is 2.14. The first-order chi connectivity index (χ1) is 8.95. The maximum Gasteiger partial charge on any atom is 0.253 e. The molecule has 0 aromatic heterocycles. The Hall–Kier alpha value is -1.58. The summed E-state index contributed by atoms with van der Waals surface area (Å²) in [5, 5.41) is 5.81. The van der Waals surface area contributed by atoms with Crippen LogP contribution in [0, 0.1) is 11.7 Å². The number of hydrogen-bond donors (Lipinski definition) is 2. The van der Waals surface area contributed by atoms with E-state index < -0.39 is 5.82 Å². The van der Waals surface area contributed by atoms with E-state index in [2.05, 4.69) is 24.5 Å². The second-order valence-corrected chi connectivity index (χ2v) is 5.20. The standard InChI is InChI=1S/C15H23FN2O/c1-5-17-14-12(7-6-8-13(14)16)15(19)18-11(4)9-10(2)3/h6-8,10-11,17H,5,9H2,1-4H3,(H,18,19). The number of halogens is 1. The molecule has 0 aliphatic heterocycles. The molecule has 2 N–H and O–H groups in total. The quantitative estimate of drug-likeness (QED) is 0.828. The topological polar surface area (TPSA) is 41.1 Å². The summed E-state index contributed by atoms with van der Waals surface area (Å²) in [5.41, 5.74) is 0.636. The van der Waals surface area contributed by atoms with Crippen LogP contribution < -0.4 is 10.6 Å². The van der Waals surface area contributed by atoms with Gasteiger partial charge in [-0.25, -0.2) is 4.39 Å². The monoisotopic (exact) mass is 266 g/mol. The molecule has 0 radical (unpaired) electrons. The Morgan fingerprint density at radius 3 is 2.58 bits per heavy atom. The Labute approximate surface area is 114 Å². The van der Waals surface area contributed by atoms with Gasteiger partial charge in [-0.2, -0.15) is 0 Å². The van der Waals surface area contributed by atoms with Gasteiger partial charge in [0.05, 0.1) is 11.3 Å². The molecule has 1 atom stereocenters. The van der Waals surface area contributed by atoms with Crippen molar-refractivity contribution in [3.05, 3.63) is 29.6 Å². The van der Waals surface area contributed by atoms with Crippen molar-refractivity contribution in [2.75, 3.05) is 11.9 Å². The lowest BCUT2D eigenvalue weighted by atomic mass is 10.0. The number of rotatable bonds is 6. The molecular formula is C15H23FN2O. The predicted molar refractivity (Wildman–Crippen MR) is 76.9 cm³/mol. The van der Waals surface area contributed by atoms with Gasteiger partial charge in [0.2, 0.25) is 0 Å². The predicted octanol–water partition coefficient (Wildman–Crippen LogP) is 3.42. The summed E-state index contributed by atoms with van der Waals surface area (Å²) >= 11 is 0. The van der Waals surface area contributed by atoms with E-state index in [9.17, 15) is 9.18 Å². The zero-order valence-corrected chi connectivity index (χ0v) is 12.1. The molecule has 19 heavy (non-hydrogen) atoms. The second-order valence-electron chi connectivity index (χ2n) is 5.20. The normalized spacial score (nSPS) is 12.3. The van der Waals surface area contributed by atoms with Crippen LogP contribution >= 0.6 is 0 Å². The Kier molecular flexibility index (Phi) is 5.80. The number of para-hydroxylation sites is 1. The van der Waals surface area contributed by atoms with Gasteiger partial charge >= 0.3 is 0 Å². The van der Waals surface area contributed by atoms with E-state index in [1.807, 2.05) is 13.8 Å². The molecule has 0 aliphatic rings. The lowest BCUT2D eigenvalue weighted by molar-refractivity contribution is 0.0936. The molecule has 1 rings (SSSR count). The number of hydrogen-bond acceptors (Lipinski definition) is 2. The summed E-state index contributed by atoms with van der Waals surface area (Å²) in [4.78, 5) is 12.2. The molecule has 4 heteroatoms. The summed E-state index contributed by atoms with van der Waals surface area (Å²) < 4.78 is 13.7. The molecule has 106 valence electrons. The fraction of sp³-hybridized carbons (Fsp3) is 0.533. The lowest BCUT2D eigenvalue weighted by Gasteiger charge is -2.17. The second kappa shape index (κ2) is 7.12. The third-order valence-electron chi connectivity index (χ3n) is 2.81. The van der Waals surface area contributed by atoms with Gasteiger partial charge in [-0.3, -0.25) is 4.79 Å². The van der Waals surface area contributed by atoms with Crippen LogP contribution in [0.4, 0.5) is 10.1 Å². The minimum atomic E-state index is -0.397. The van der Waals surface area contributed by atoms with E-state index in [0.29, 0.717) is 18.0 Å². The molecule has 1 aromatic rings. The van der Waals surface area contributed by atoms with Crippen molar-refractivity contribution in [3.63, 3.8) is 0 Å². The molecule has 0 bridgehead atoms. The van der Waals surface area contributed by atoms with Crippen molar-refractivity contribution in [2.24, 2.45) is 5.92 Å². The van der Waals surface area contributed by atoms with Crippen LogP contribution in [0.2, 0.25) is 0 Å². The van der Waals surface area contributed by atoms with Crippen LogP contribution in [-0.4, -0.2) is 18.5 Å². The van der Waals surface area contributed by atoms with E-state index >= 15 is 0 Å². The zero-order valence-electron chi connectivity index (χ0n) is 12.1. The first-order valence-corrected chi connectivity index (χ1v) is 6.79. The van der Waals surface area contributed by atoms with Crippen LogP contribution in [0.5, 0.6) is 0 Å². The van der Waals surface area contributed by atoms with Gasteiger partial charge in [-0.15, -0.1) is 0 Å². The SMILES string of the molecule is CCNc1c(F)cccc1C(=O)NC(C)CC(C)C. The maximum absolute atomic E-state index is 13.7. The number of carbonyl (C=O) groups excluding carboxylic acids is 1. The Balaban J connectivity index is 2.84. The third-order valence-corrected chi connectivity index (χ3v) is 2.81. The van der Waals surface area contributed by atoms with Crippen molar-refractivity contribution >= 4 is 11.6 Å². The van der Waals surface area contributed by atoms with Crippen molar-refractivity contribution in [3.8, 4) is 0 Å². The molecule has 1 unspecified atom stereocenters. The van der Waals surface area contributed by atoms with Crippen molar-refractivity contribution in [1.82, 2.24) is 5.32 Å². The van der Waals surface area contributed by atoms with E-state index in [0.717, 1.165) is 6.42 Å². The highest BCUT2D eigenvalue weighted by molar-refractivity contribution is 5.99. The number of carbonyl (C=O) groups is 1.